The molecule has 0 heterocycles. The molecule has 5 nitrogen and oxygen atoms in total. The van der Waals surface area contributed by atoms with E-state index in [2.05, 4.69) is 9.47 Å². The molecule has 76 valence electrons. The first kappa shape index (κ1) is 12.3. The van der Waals surface area contributed by atoms with Gasteiger partial charge in [0.25, 0.3) is 0 Å². The second kappa shape index (κ2) is 6.80. The minimum Gasteiger partial charge on any atom is -0.449 e. The largest absolute Gasteiger partial charge is 0.518 e. The van der Waals surface area contributed by atoms with Gasteiger partial charge in [0.05, 0.1) is 6.61 Å². The average molecular weight is 231 g/mol. The standard InChI is InChI=1S/C6H8Cl2O5/c7-4(8)2-1-3-12-6(11)13-5(9)10/h4H,1-3H2,(H,9,10). The van der Waals surface area contributed by atoms with Crippen molar-refractivity contribution in [3.05, 3.63) is 0 Å². The van der Waals surface area contributed by atoms with Gasteiger partial charge in [0.1, 0.15) is 4.84 Å². The van der Waals surface area contributed by atoms with Crippen LogP contribution in [0.1, 0.15) is 12.8 Å². The third-order valence-electron chi connectivity index (χ3n) is 0.957. The molecule has 0 aliphatic rings. The maximum Gasteiger partial charge on any atom is 0.518 e. The molecule has 0 aromatic carbocycles. The summed E-state index contributed by atoms with van der Waals surface area (Å²) in [4.78, 5) is 19.7. The number of carbonyl (C=O) groups excluding carboxylic acids is 1. The summed E-state index contributed by atoms with van der Waals surface area (Å²) in [6.07, 6.45) is -2.03. The van der Waals surface area contributed by atoms with Crippen molar-refractivity contribution >= 4 is 35.5 Å². The zero-order valence-electron chi connectivity index (χ0n) is 6.53. The maximum atomic E-state index is 10.4. The fourth-order valence-electron chi connectivity index (χ4n) is 0.494. The smallest absolute Gasteiger partial charge is 0.449 e. The number of hydrogen-bond donors (Lipinski definition) is 1. The highest BCUT2D eigenvalue weighted by Gasteiger charge is 2.09. The molecule has 0 saturated carbocycles. The van der Waals surface area contributed by atoms with E-state index in [-0.39, 0.29) is 6.61 Å². The van der Waals surface area contributed by atoms with Crippen LogP contribution < -0.4 is 0 Å². The highest BCUT2D eigenvalue weighted by atomic mass is 35.5. The van der Waals surface area contributed by atoms with Gasteiger partial charge in [-0.05, 0) is 12.8 Å². The van der Waals surface area contributed by atoms with Crippen LogP contribution in [0.4, 0.5) is 9.59 Å². The van der Waals surface area contributed by atoms with Crippen molar-refractivity contribution in [3.8, 4) is 0 Å². The van der Waals surface area contributed by atoms with Crippen molar-refractivity contribution in [2.24, 2.45) is 0 Å². The molecule has 0 atom stereocenters. The molecule has 0 aliphatic carbocycles. The molecule has 0 aromatic rings. The van der Waals surface area contributed by atoms with Crippen LogP contribution >= 0.6 is 23.2 Å². The van der Waals surface area contributed by atoms with E-state index in [1.165, 1.54) is 0 Å². The van der Waals surface area contributed by atoms with Crippen molar-refractivity contribution in [1.82, 2.24) is 0 Å². The van der Waals surface area contributed by atoms with E-state index in [1.54, 1.807) is 0 Å². The van der Waals surface area contributed by atoms with E-state index in [9.17, 15) is 9.59 Å². The van der Waals surface area contributed by atoms with Crippen molar-refractivity contribution in [2.45, 2.75) is 17.7 Å². The minimum atomic E-state index is -1.70. The van der Waals surface area contributed by atoms with Gasteiger partial charge in [-0.3, -0.25) is 0 Å². The number of hydrogen-bond acceptors (Lipinski definition) is 4. The number of carbonyl (C=O) groups is 2. The first-order valence-corrected chi connectivity index (χ1v) is 4.25. The number of halogens is 2. The molecule has 1 N–H and O–H groups in total. The van der Waals surface area contributed by atoms with E-state index in [1.807, 2.05) is 0 Å². The van der Waals surface area contributed by atoms with Gasteiger partial charge in [-0.25, -0.2) is 9.59 Å². The SMILES string of the molecule is O=C(O)OC(=O)OCCCC(Cl)Cl. The second-order valence-electron chi connectivity index (χ2n) is 2.00. The lowest BCUT2D eigenvalue weighted by Crippen LogP contribution is -2.12. The summed E-state index contributed by atoms with van der Waals surface area (Å²) < 4.78 is 7.99. The Balaban J connectivity index is 3.32. The Morgan fingerprint density at radius 1 is 1.38 bits per heavy atom. The lowest BCUT2D eigenvalue weighted by atomic mass is 10.4. The molecular formula is C6H8Cl2O5. The molecule has 0 amide bonds. The summed E-state index contributed by atoms with van der Waals surface area (Å²) in [6, 6.07) is 0. The number of carboxylic acid groups (broad SMARTS) is 1. The summed E-state index contributed by atoms with van der Waals surface area (Å²) in [5.41, 5.74) is 0. The van der Waals surface area contributed by atoms with Crippen molar-refractivity contribution < 1.29 is 24.2 Å². The molecule has 13 heavy (non-hydrogen) atoms. The molecule has 0 aliphatic heterocycles. The lowest BCUT2D eigenvalue weighted by Gasteiger charge is -2.02. The average Bonchev–Trinajstić information content (AvgIpc) is 1.96. The summed E-state index contributed by atoms with van der Waals surface area (Å²) in [6.45, 7) is 0.0298. The summed E-state index contributed by atoms with van der Waals surface area (Å²) in [7, 11) is 0. The van der Waals surface area contributed by atoms with Crippen LogP contribution in [-0.4, -0.2) is 28.9 Å². The third kappa shape index (κ3) is 9.23. The van der Waals surface area contributed by atoms with Gasteiger partial charge < -0.3 is 14.6 Å². The van der Waals surface area contributed by atoms with E-state index in [0.717, 1.165) is 0 Å². The van der Waals surface area contributed by atoms with Crippen LogP contribution in [0.5, 0.6) is 0 Å². The van der Waals surface area contributed by atoms with Gasteiger partial charge in [-0.15, -0.1) is 23.2 Å². The van der Waals surface area contributed by atoms with E-state index in [0.29, 0.717) is 12.8 Å². The van der Waals surface area contributed by atoms with E-state index in [4.69, 9.17) is 28.3 Å². The van der Waals surface area contributed by atoms with Crippen LogP contribution in [0.3, 0.4) is 0 Å². The second-order valence-corrected chi connectivity index (χ2v) is 3.28. The predicted molar refractivity (Wildman–Crippen MR) is 45.2 cm³/mol. The van der Waals surface area contributed by atoms with Crippen molar-refractivity contribution in [2.75, 3.05) is 6.61 Å². The highest BCUT2D eigenvalue weighted by molar-refractivity contribution is 6.44. The quantitative estimate of drug-likeness (QED) is 0.348. The zero-order valence-corrected chi connectivity index (χ0v) is 8.05. The van der Waals surface area contributed by atoms with Crippen LogP contribution in [-0.2, 0) is 9.47 Å². The number of ether oxygens (including phenoxy) is 2. The molecule has 0 rings (SSSR count). The van der Waals surface area contributed by atoms with Gasteiger partial charge in [-0.1, -0.05) is 0 Å². The van der Waals surface area contributed by atoms with Gasteiger partial charge in [0, 0.05) is 0 Å². The van der Waals surface area contributed by atoms with Crippen molar-refractivity contribution in [3.63, 3.8) is 0 Å². The third-order valence-corrected chi connectivity index (χ3v) is 1.39. The van der Waals surface area contributed by atoms with Gasteiger partial charge in [0.2, 0.25) is 0 Å². The maximum absolute atomic E-state index is 10.4. The molecular weight excluding hydrogens is 223 g/mol. The fourth-order valence-corrected chi connectivity index (χ4v) is 0.802. The van der Waals surface area contributed by atoms with Crippen LogP contribution in [0.2, 0.25) is 0 Å². The molecule has 0 saturated heterocycles. The molecule has 0 spiro atoms. The Morgan fingerprint density at radius 2 is 2.00 bits per heavy atom. The summed E-state index contributed by atoms with van der Waals surface area (Å²) >= 11 is 10.8. The van der Waals surface area contributed by atoms with E-state index >= 15 is 0 Å². The minimum absolute atomic E-state index is 0.0298. The Morgan fingerprint density at radius 3 is 2.46 bits per heavy atom. The normalized spacial score (nSPS) is 9.77. The predicted octanol–water partition coefficient (Wildman–Crippen LogP) is 2.40. The molecule has 0 bridgehead atoms. The number of alkyl halides is 2. The Kier molecular flexibility index (Phi) is 6.44. The Labute approximate surface area is 84.5 Å². The monoisotopic (exact) mass is 230 g/mol. The van der Waals surface area contributed by atoms with Crippen LogP contribution in [0.15, 0.2) is 0 Å². The Hall–Kier alpha value is -0.680. The zero-order chi connectivity index (χ0) is 10.3. The highest BCUT2D eigenvalue weighted by Crippen LogP contribution is 2.09. The van der Waals surface area contributed by atoms with Crippen LogP contribution in [0.25, 0.3) is 0 Å². The van der Waals surface area contributed by atoms with E-state index < -0.39 is 17.1 Å². The first-order valence-electron chi connectivity index (χ1n) is 3.38. The first-order chi connectivity index (χ1) is 6.02. The topological polar surface area (TPSA) is 72.8 Å². The van der Waals surface area contributed by atoms with Gasteiger partial charge in [0.15, 0.2) is 0 Å². The molecule has 0 aromatic heterocycles. The van der Waals surface area contributed by atoms with Gasteiger partial charge >= 0.3 is 12.3 Å². The Bertz CT molecular complexity index is 182. The fraction of sp³-hybridized carbons (Fsp3) is 0.667. The number of rotatable bonds is 4. The lowest BCUT2D eigenvalue weighted by molar-refractivity contribution is 0.0539. The van der Waals surface area contributed by atoms with Crippen molar-refractivity contribution in [1.29, 1.82) is 0 Å². The van der Waals surface area contributed by atoms with Gasteiger partial charge in [-0.2, -0.15) is 0 Å². The molecule has 7 heteroatoms. The molecule has 0 radical (unpaired) electrons. The molecule has 0 fully saturated rings. The molecule has 0 unspecified atom stereocenters. The summed E-state index contributed by atoms with van der Waals surface area (Å²) in [5.74, 6) is 0. The summed E-state index contributed by atoms with van der Waals surface area (Å²) in [5, 5.41) is 7.96. The van der Waals surface area contributed by atoms with Crippen LogP contribution in [0, 0.1) is 0 Å².